The van der Waals surface area contributed by atoms with Crippen molar-refractivity contribution >= 4 is 71.2 Å². The number of aromatic nitrogens is 2. The van der Waals surface area contributed by atoms with Gasteiger partial charge in [-0.25, -0.2) is 0 Å². The molecule has 2 N–H and O–H groups in total. The lowest BCUT2D eigenvalue weighted by atomic mass is 9.96. The van der Waals surface area contributed by atoms with Gasteiger partial charge in [0.1, 0.15) is 0 Å². The van der Waals surface area contributed by atoms with E-state index < -0.39 is 0 Å². The Kier molecular flexibility index (Phi) is 6.37. The second-order valence-corrected chi connectivity index (χ2v) is 13.8. The fourth-order valence-electron chi connectivity index (χ4n) is 8.66. The third-order valence-corrected chi connectivity index (χ3v) is 10.9. The van der Waals surface area contributed by atoms with Gasteiger partial charge in [0.15, 0.2) is 0 Å². The molecular formula is C49H32N4. The molecule has 4 nitrogen and oxygen atoms in total. The van der Waals surface area contributed by atoms with Crippen LogP contribution in [-0.2, 0) is 0 Å². The molecule has 0 unspecified atom stereocenters. The quantitative estimate of drug-likeness (QED) is 0.187. The number of allylic oxidation sites excluding steroid dienone is 5. The molecule has 0 saturated carbocycles. The molecular weight excluding hydrogens is 645 g/mol. The predicted molar refractivity (Wildman–Crippen MR) is 224 cm³/mol. The van der Waals surface area contributed by atoms with Gasteiger partial charge in [0.05, 0.1) is 39.2 Å². The molecule has 0 radical (unpaired) electrons. The summed E-state index contributed by atoms with van der Waals surface area (Å²) in [6.45, 7) is 0. The van der Waals surface area contributed by atoms with E-state index in [2.05, 4.69) is 166 Å². The van der Waals surface area contributed by atoms with E-state index in [1.54, 1.807) is 0 Å². The van der Waals surface area contributed by atoms with Gasteiger partial charge in [-0.1, -0.05) is 152 Å². The number of nitrogens with zero attached hydrogens (tertiary/aromatic N) is 2. The minimum absolute atomic E-state index is 0.469. The lowest BCUT2D eigenvalue weighted by molar-refractivity contribution is 1.07. The van der Waals surface area contributed by atoms with Crippen molar-refractivity contribution in [2.24, 2.45) is 0 Å². The maximum Gasteiger partial charge on any atom is 0.0795 e. The van der Waals surface area contributed by atoms with Gasteiger partial charge in [-0.3, -0.25) is 10.1 Å². The standard InChI is InChI=1S/C49H32N4/c50-40-26-14-12-25-37(40)46(32-18-6-2-7-19-32)51-53-42-29-28-38-43(31-16-4-1-5-17-31)47(33-20-8-3-9-21-33)52-41-27-15-13-24-36(41)39-30-34-22-10-11-23-35(34)49(53)44(39)45(42)48(38)52/h1-30,50-51H/b46-37-,50-40?. The van der Waals surface area contributed by atoms with Crippen LogP contribution in [0, 0.1) is 5.41 Å². The summed E-state index contributed by atoms with van der Waals surface area (Å²) in [7, 11) is 0. The highest BCUT2D eigenvalue weighted by atomic mass is 15.4. The zero-order valence-corrected chi connectivity index (χ0v) is 28.7. The van der Waals surface area contributed by atoms with E-state index in [-0.39, 0.29) is 0 Å². The van der Waals surface area contributed by atoms with Gasteiger partial charge in [-0.15, -0.1) is 0 Å². The highest BCUT2D eigenvalue weighted by Gasteiger charge is 2.28. The van der Waals surface area contributed by atoms with Crippen LogP contribution in [0.1, 0.15) is 5.56 Å². The van der Waals surface area contributed by atoms with Crippen molar-refractivity contribution in [2.75, 3.05) is 5.43 Å². The zero-order chi connectivity index (χ0) is 35.0. The van der Waals surface area contributed by atoms with Crippen LogP contribution >= 0.6 is 0 Å². The fraction of sp³-hybridized carbons (Fsp3) is 0. The van der Waals surface area contributed by atoms with Crippen LogP contribution < -0.4 is 5.43 Å². The number of nitrogens with one attached hydrogen (secondary N) is 2. The molecule has 10 aromatic rings. The summed E-state index contributed by atoms with van der Waals surface area (Å²) < 4.78 is 4.82. The molecule has 0 amide bonds. The number of hydrogen-bond donors (Lipinski definition) is 2. The number of para-hydroxylation sites is 1. The van der Waals surface area contributed by atoms with Gasteiger partial charge < -0.3 is 9.81 Å². The van der Waals surface area contributed by atoms with Gasteiger partial charge in [-0.05, 0) is 52.2 Å². The first-order chi connectivity index (χ1) is 26.3. The Morgan fingerprint density at radius 3 is 1.94 bits per heavy atom. The summed E-state index contributed by atoms with van der Waals surface area (Å²) in [4.78, 5) is 0. The molecule has 3 heterocycles. The van der Waals surface area contributed by atoms with E-state index in [0.29, 0.717) is 5.71 Å². The van der Waals surface area contributed by atoms with Gasteiger partial charge in [0, 0.05) is 43.6 Å². The van der Waals surface area contributed by atoms with Crippen LogP contribution in [0.2, 0.25) is 0 Å². The molecule has 53 heavy (non-hydrogen) atoms. The van der Waals surface area contributed by atoms with Crippen molar-refractivity contribution in [3.8, 4) is 22.4 Å². The molecule has 0 bridgehead atoms. The molecule has 3 aromatic heterocycles. The summed E-state index contributed by atoms with van der Waals surface area (Å²) in [6.07, 6.45) is 7.84. The number of rotatable bonds is 5. The Labute approximate surface area is 305 Å². The lowest BCUT2D eigenvalue weighted by Crippen LogP contribution is -2.17. The largest absolute Gasteiger partial charge is 0.307 e. The van der Waals surface area contributed by atoms with Gasteiger partial charge in [-0.2, -0.15) is 0 Å². The first kappa shape index (κ1) is 29.5. The Balaban J connectivity index is 1.39. The molecule has 0 aliphatic heterocycles. The van der Waals surface area contributed by atoms with Crippen molar-refractivity contribution in [3.63, 3.8) is 0 Å². The van der Waals surface area contributed by atoms with Crippen LogP contribution in [0.3, 0.4) is 0 Å². The van der Waals surface area contributed by atoms with Crippen molar-refractivity contribution in [3.05, 3.63) is 193 Å². The highest BCUT2D eigenvalue weighted by molar-refractivity contribution is 6.36. The van der Waals surface area contributed by atoms with Crippen molar-refractivity contribution in [1.82, 2.24) is 9.08 Å². The SMILES string of the molecule is N=C1C=CC=C/C1=C(/Nn1c2ccc3c(-c4ccccc4)c(-c4ccccc4)n4c5ccccc5c5cc6ccccc6c1c5c2c34)c1ccccc1. The van der Waals surface area contributed by atoms with E-state index >= 15 is 0 Å². The number of fused-ring (bicyclic) bond motifs is 5. The lowest BCUT2D eigenvalue weighted by Gasteiger charge is -2.20. The molecule has 4 heteroatoms. The zero-order valence-electron chi connectivity index (χ0n) is 28.7. The summed E-state index contributed by atoms with van der Waals surface area (Å²) in [5.41, 5.74) is 16.5. The van der Waals surface area contributed by atoms with E-state index in [1.807, 2.05) is 30.4 Å². The smallest absolute Gasteiger partial charge is 0.0795 e. The number of hydrogen-bond acceptors (Lipinski definition) is 2. The molecule has 248 valence electrons. The van der Waals surface area contributed by atoms with E-state index in [9.17, 15) is 0 Å². The Morgan fingerprint density at radius 1 is 0.509 bits per heavy atom. The van der Waals surface area contributed by atoms with Crippen molar-refractivity contribution in [1.29, 1.82) is 5.41 Å². The molecule has 0 atom stereocenters. The molecule has 1 aliphatic carbocycles. The van der Waals surface area contributed by atoms with Crippen molar-refractivity contribution in [2.45, 2.75) is 0 Å². The van der Waals surface area contributed by atoms with Crippen LogP contribution in [0.5, 0.6) is 0 Å². The van der Waals surface area contributed by atoms with E-state index in [0.717, 1.165) is 33.4 Å². The average molecular weight is 677 g/mol. The summed E-state index contributed by atoms with van der Waals surface area (Å²) in [5, 5.41) is 17.4. The third-order valence-electron chi connectivity index (χ3n) is 10.9. The summed E-state index contributed by atoms with van der Waals surface area (Å²) in [5.74, 6) is 0. The minimum atomic E-state index is 0.469. The first-order valence-corrected chi connectivity index (χ1v) is 18.0. The first-order valence-electron chi connectivity index (χ1n) is 18.0. The highest BCUT2D eigenvalue weighted by Crippen LogP contribution is 2.49. The normalized spacial score (nSPS) is 14.2. The number of benzene rings is 7. The molecule has 0 saturated heterocycles. The Morgan fingerprint density at radius 2 is 1.17 bits per heavy atom. The Hall–Kier alpha value is -7.17. The topological polar surface area (TPSA) is 45.2 Å². The monoisotopic (exact) mass is 676 g/mol. The van der Waals surface area contributed by atoms with Gasteiger partial charge >= 0.3 is 0 Å². The predicted octanol–water partition coefficient (Wildman–Crippen LogP) is 12.4. The maximum absolute atomic E-state index is 9.01. The van der Waals surface area contributed by atoms with E-state index in [1.165, 1.54) is 65.6 Å². The van der Waals surface area contributed by atoms with E-state index in [4.69, 9.17) is 5.41 Å². The third kappa shape index (κ3) is 4.27. The van der Waals surface area contributed by atoms with Crippen LogP contribution in [-0.4, -0.2) is 14.8 Å². The second-order valence-electron chi connectivity index (χ2n) is 13.8. The van der Waals surface area contributed by atoms with Crippen LogP contribution in [0.4, 0.5) is 0 Å². The van der Waals surface area contributed by atoms with Crippen molar-refractivity contribution < 1.29 is 0 Å². The maximum atomic E-state index is 9.01. The van der Waals surface area contributed by atoms with Gasteiger partial charge in [0.25, 0.3) is 0 Å². The molecule has 7 aromatic carbocycles. The molecule has 1 aliphatic rings. The molecule has 0 spiro atoms. The Bertz CT molecular complexity index is 3180. The van der Waals surface area contributed by atoms with Crippen LogP contribution in [0.25, 0.3) is 87.9 Å². The van der Waals surface area contributed by atoms with Gasteiger partial charge in [0.2, 0.25) is 0 Å². The minimum Gasteiger partial charge on any atom is -0.307 e. The second kappa shape index (κ2) is 11.4. The fourth-order valence-corrected chi connectivity index (χ4v) is 8.66. The molecule has 0 fully saturated rings. The summed E-state index contributed by atoms with van der Waals surface area (Å²) >= 11 is 0. The molecule has 11 rings (SSSR count). The average Bonchev–Trinajstić information content (AvgIpc) is 3.70. The van der Waals surface area contributed by atoms with Crippen LogP contribution in [0.15, 0.2) is 188 Å². The summed E-state index contributed by atoms with van der Waals surface area (Å²) in [6, 6.07) is 56.7.